The number of benzene rings is 2. The van der Waals surface area contributed by atoms with Crippen molar-refractivity contribution in [3.05, 3.63) is 66.2 Å². The molecule has 2 nitrogen and oxygen atoms in total. The summed E-state index contributed by atoms with van der Waals surface area (Å²) in [5, 5.41) is 8.83. The van der Waals surface area contributed by atoms with Gasteiger partial charge in [0, 0.05) is 0 Å². The van der Waals surface area contributed by atoms with Gasteiger partial charge < -0.3 is 5.11 Å². The third-order valence-electron chi connectivity index (χ3n) is 2.62. The van der Waals surface area contributed by atoms with Gasteiger partial charge in [-0.25, -0.2) is 4.79 Å². The Labute approximate surface area is 99.8 Å². The zero-order valence-corrected chi connectivity index (χ0v) is 9.26. The topological polar surface area (TPSA) is 37.3 Å². The standard InChI is InChI=1S/C15H12O2/c1-2-11-5-3-4-6-14(11)12-7-9-13(10-8-12)15(16)17/h2-10H,1H2,(H,16,17). The van der Waals surface area contributed by atoms with E-state index in [0.717, 1.165) is 16.7 Å². The third-order valence-corrected chi connectivity index (χ3v) is 2.62. The average Bonchev–Trinajstić information content (AvgIpc) is 2.39. The fourth-order valence-corrected chi connectivity index (χ4v) is 1.73. The van der Waals surface area contributed by atoms with Crippen LogP contribution in [0, 0.1) is 0 Å². The van der Waals surface area contributed by atoms with E-state index in [-0.39, 0.29) is 0 Å². The zero-order chi connectivity index (χ0) is 12.3. The van der Waals surface area contributed by atoms with Crippen LogP contribution in [0.5, 0.6) is 0 Å². The highest BCUT2D eigenvalue weighted by molar-refractivity contribution is 5.88. The van der Waals surface area contributed by atoms with E-state index in [1.807, 2.05) is 36.4 Å². The van der Waals surface area contributed by atoms with Crippen molar-refractivity contribution in [3.63, 3.8) is 0 Å². The summed E-state index contributed by atoms with van der Waals surface area (Å²) in [5.74, 6) is -0.909. The number of hydrogen-bond acceptors (Lipinski definition) is 1. The normalized spacial score (nSPS) is 9.88. The largest absolute Gasteiger partial charge is 0.478 e. The maximum Gasteiger partial charge on any atom is 0.335 e. The van der Waals surface area contributed by atoms with Crippen LogP contribution in [0.3, 0.4) is 0 Å². The fourth-order valence-electron chi connectivity index (χ4n) is 1.73. The Bertz CT molecular complexity index is 553. The SMILES string of the molecule is C=Cc1ccccc1-c1ccc(C(=O)O)cc1. The Kier molecular flexibility index (Phi) is 3.06. The smallest absolute Gasteiger partial charge is 0.335 e. The quantitative estimate of drug-likeness (QED) is 0.863. The highest BCUT2D eigenvalue weighted by Gasteiger charge is 2.04. The van der Waals surface area contributed by atoms with Gasteiger partial charge in [0.25, 0.3) is 0 Å². The minimum absolute atomic E-state index is 0.296. The lowest BCUT2D eigenvalue weighted by molar-refractivity contribution is 0.0697. The lowest BCUT2D eigenvalue weighted by atomic mass is 9.99. The number of aromatic carboxylic acids is 1. The Balaban J connectivity index is 2.46. The van der Waals surface area contributed by atoms with Crippen molar-refractivity contribution in [3.8, 4) is 11.1 Å². The van der Waals surface area contributed by atoms with Crippen molar-refractivity contribution >= 4 is 12.0 Å². The molecule has 0 fully saturated rings. The summed E-state index contributed by atoms with van der Waals surface area (Å²) < 4.78 is 0. The van der Waals surface area contributed by atoms with Crippen molar-refractivity contribution in [2.24, 2.45) is 0 Å². The molecule has 0 amide bonds. The van der Waals surface area contributed by atoms with Gasteiger partial charge in [0.2, 0.25) is 0 Å². The maximum absolute atomic E-state index is 10.8. The fraction of sp³-hybridized carbons (Fsp3) is 0. The van der Waals surface area contributed by atoms with Gasteiger partial charge in [-0.3, -0.25) is 0 Å². The molecule has 17 heavy (non-hydrogen) atoms. The molecule has 0 spiro atoms. The van der Waals surface area contributed by atoms with E-state index in [4.69, 9.17) is 5.11 Å². The number of carboxylic acid groups (broad SMARTS) is 1. The molecule has 0 saturated heterocycles. The molecule has 0 heterocycles. The minimum atomic E-state index is -0.909. The van der Waals surface area contributed by atoms with Crippen LogP contribution in [-0.2, 0) is 0 Å². The van der Waals surface area contributed by atoms with Crippen LogP contribution in [0.25, 0.3) is 17.2 Å². The Morgan fingerprint density at radius 2 is 1.71 bits per heavy atom. The lowest BCUT2D eigenvalue weighted by Gasteiger charge is -2.06. The van der Waals surface area contributed by atoms with E-state index in [1.54, 1.807) is 18.2 Å². The first kappa shape index (κ1) is 11.1. The molecule has 0 aliphatic rings. The van der Waals surface area contributed by atoms with Crippen LogP contribution in [0.15, 0.2) is 55.1 Å². The summed E-state index contributed by atoms with van der Waals surface area (Å²) in [6, 6.07) is 14.7. The van der Waals surface area contributed by atoms with Gasteiger partial charge in [0.05, 0.1) is 5.56 Å². The number of hydrogen-bond donors (Lipinski definition) is 1. The van der Waals surface area contributed by atoms with Gasteiger partial charge >= 0.3 is 5.97 Å². The van der Waals surface area contributed by atoms with E-state index in [9.17, 15) is 4.79 Å². The molecule has 0 bridgehead atoms. The second kappa shape index (κ2) is 4.66. The molecular weight excluding hydrogens is 212 g/mol. The average molecular weight is 224 g/mol. The molecule has 0 aliphatic heterocycles. The first-order valence-corrected chi connectivity index (χ1v) is 5.27. The monoisotopic (exact) mass is 224 g/mol. The van der Waals surface area contributed by atoms with Crippen molar-refractivity contribution in [1.29, 1.82) is 0 Å². The Morgan fingerprint density at radius 1 is 1.06 bits per heavy atom. The van der Waals surface area contributed by atoms with Crippen LogP contribution in [0.4, 0.5) is 0 Å². The van der Waals surface area contributed by atoms with Crippen molar-refractivity contribution in [2.75, 3.05) is 0 Å². The molecule has 2 heteroatoms. The van der Waals surface area contributed by atoms with E-state index in [0.29, 0.717) is 5.56 Å². The van der Waals surface area contributed by atoms with Gasteiger partial charge in [0.15, 0.2) is 0 Å². The molecule has 84 valence electrons. The summed E-state index contributed by atoms with van der Waals surface area (Å²) in [4.78, 5) is 10.8. The van der Waals surface area contributed by atoms with Gasteiger partial charge in [0.1, 0.15) is 0 Å². The van der Waals surface area contributed by atoms with Crippen molar-refractivity contribution in [2.45, 2.75) is 0 Å². The van der Waals surface area contributed by atoms with Crippen LogP contribution in [0.2, 0.25) is 0 Å². The predicted octanol–water partition coefficient (Wildman–Crippen LogP) is 3.69. The van der Waals surface area contributed by atoms with E-state index in [1.165, 1.54) is 0 Å². The zero-order valence-electron chi connectivity index (χ0n) is 9.26. The molecule has 0 atom stereocenters. The summed E-state index contributed by atoms with van der Waals surface area (Å²) in [5.41, 5.74) is 3.38. The first-order chi connectivity index (χ1) is 8.22. The minimum Gasteiger partial charge on any atom is -0.478 e. The molecule has 0 saturated carbocycles. The molecular formula is C15H12O2. The van der Waals surface area contributed by atoms with Crippen LogP contribution in [0.1, 0.15) is 15.9 Å². The van der Waals surface area contributed by atoms with Gasteiger partial charge in [-0.1, -0.05) is 49.1 Å². The molecule has 2 aromatic rings. The second-order valence-electron chi connectivity index (χ2n) is 3.67. The number of carboxylic acids is 1. The van der Waals surface area contributed by atoms with Gasteiger partial charge in [-0.15, -0.1) is 0 Å². The Morgan fingerprint density at radius 3 is 2.29 bits per heavy atom. The van der Waals surface area contributed by atoms with Gasteiger partial charge in [-0.2, -0.15) is 0 Å². The molecule has 1 N–H and O–H groups in total. The first-order valence-electron chi connectivity index (χ1n) is 5.27. The summed E-state index contributed by atoms with van der Waals surface area (Å²) in [6.07, 6.45) is 1.79. The van der Waals surface area contributed by atoms with Crippen molar-refractivity contribution in [1.82, 2.24) is 0 Å². The van der Waals surface area contributed by atoms with E-state index >= 15 is 0 Å². The molecule has 0 unspecified atom stereocenters. The Hall–Kier alpha value is -2.35. The molecule has 2 aromatic carbocycles. The summed E-state index contributed by atoms with van der Waals surface area (Å²) in [7, 11) is 0. The molecule has 2 rings (SSSR count). The van der Waals surface area contributed by atoms with E-state index in [2.05, 4.69) is 6.58 Å². The number of rotatable bonds is 3. The molecule has 0 aliphatic carbocycles. The summed E-state index contributed by atoms with van der Waals surface area (Å²) >= 11 is 0. The van der Waals surface area contributed by atoms with Gasteiger partial charge in [-0.05, 0) is 28.8 Å². The van der Waals surface area contributed by atoms with Crippen LogP contribution >= 0.6 is 0 Å². The van der Waals surface area contributed by atoms with Crippen molar-refractivity contribution < 1.29 is 9.90 Å². The van der Waals surface area contributed by atoms with Crippen LogP contribution < -0.4 is 0 Å². The molecule has 0 aromatic heterocycles. The highest BCUT2D eigenvalue weighted by atomic mass is 16.4. The second-order valence-corrected chi connectivity index (χ2v) is 3.67. The third kappa shape index (κ3) is 2.26. The summed E-state index contributed by atoms with van der Waals surface area (Å²) in [6.45, 7) is 3.77. The highest BCUT2D eigenvalue weighted by Crippen LogP contribution is 2.24. The maximum atomic E-state index is 10.8. The predicted molar refractivity (Wildman–Crippen MR) is 68.9 cm³/mol. The number of carbonyl (C=O) groups is 1. The van der Waals surface area contributed by atoms with Crippen LogP contribution in [-0.4, -0.2) is 11.1 Å². The van der Waals surface area contributed by atoms with E-state index < -0.39 is 5.97 Å². The molecule has 0 radical (unpaired) electrons. The lowest BCUT2D eigenvalue weighted by Crippen LogP contribution is -1.95.